The van der Waals surface area contributed by atoms with Crippen LogP contribution in [0, 0.1) is 11.6 Å². The first kappa shape index (κ1) is 36.3. The van der Waals surface area contributed by atoms with E-state index in [2.05, 4.69) is 13.8 Å². The zero-order valence-corrected chi connectivity index (χ0v) is 27.7. The SMILES string of the molecule is CCCCCCCCCCCCc1ccc(OC(=O)c2ccc(-c3ccc(OCCCCCCCCC)c(F)c3)cc2)c(F)c1. The first-order valence-corrected chi connectivity index (χ1v) is 17.5. The summed E-state index contributed by atoms with van der Waals surface area (Å²) in [7, 11) is 0. The highest BCUT2D eigenvalue weighted by Gasteiger charge is 2.14. The predicted molar refractivity (Wildman–Crippen MR) is 182 cm³/mol. The molecule has 0 bridgehead atoms. The summed E-state index contributed by atoms with van der Waals surface area (Å²) in [5.74, 6) is -1.41. The van der Waals surface area contributed by atoms with Crippen molar-refractivity contribution in [3.8, 4) is 22.6 Å². The number of carbonyl (C=O) groups is 1. The van der Waals surface area contributed by atoms with Crippen LogP contribution in [0.5, 0.6) is 11.5 Å². The van der Waals surface area contributed by atoms with Crippen molar-refractivity contribution >= 4 is 5.97 Å². The fourth-order valence-corrected chi connectivity index (χ4v) is 5.60. The zero-order chi connectivity index (χ0) is 32.1. The van der Waals surface area contributed by atoms with Crippen molar-refractivity contribution in [3.05, 3.63) is 83.4 Å². The molecule has 0 unspecified atom stereocenters. The third-order valence-corrected chi connectivity index (χ3v) is 8.41. The smallest absolute Gasteiger partial charge is 0.343 e. The van der Waals surface area contributed by atoms with Crippen molar-refractivity contribution in [1.29, 1.82) is 0 Å². The summed E-state index contributed by atoms with van der Waals surface area (Å²) in [6.45, 7) is 4.96. The summed E-state index contributed by atoms with van der Waals surface area (Å²) in [4.78, 5) is 12.7. The van der Waals surface area contributed by atoms with E-state index in [0.717, 1.165) is 43.2 Å². The van der Waals surface area contributed by atoms with Crippen molar-refractivity contribution in [3.63, 3.8) is 0 Å². The van der Waals surface area contributed by atoms with Crippen LogP contribution in [0.2, 0.25) is 0 Å². The Morgan fingerprint density at radius 2 is 1.07 bits per heavy atom. The minimum Gasteiger partial charge on any atom is -0.491 e. The minimum atomic E-state index is -0.636. The van der Waals surface area contributed by atoms with Crippen LogP contribution in [0.1, 0.15) is 139 Å². The maximum atomic E-state index is 14.7. The topological polar surface area (TPSA) is 35.5 Å². The van der Waals surface area contributed by atoms with Gasteiger partial charge in [-0.2, -0.15) is 0 Å². The van der Waals surface area contributed by atoms with E-state index in [1.807, 2.05) is 12.1 Å². The molecule has 0 amide bonds. The quantitative estimate of drug-likeness (QED) is 0.0601. The Hall–Kier alpha value is -3.21. The molecule has 3 aromatic rings. The number of hydrogen-bond acceptors (Lipinski definition) is 3. The fraction of sp³-hybridized carbons (Fsp3) is 0.525. The molecule has 0 aliphatic heterocycles. The highest BCUT2D eigenvalue weighted by molar-refractivity contribution is 5.91. The van der Waals surface area contributed by atoms with Gasteiger partial charge in [0.2, 0.25) is 0 Å². The lowest BCUT2D eigenvalue weighted by atomic mass is 10.0. The van der Waals surface area contributed by atoms with Gasteiger partial charge >= 0.3 is 5.97 Å². The van der Waals surface area contributed by atoms with Crippen molar-refractivity contribution in [2.24, 2.45) is 0 Å². The Kier molecular flexibility index (Phi) is 17.3. The van der Waals surface area contributed by atoms with Crippen LogP contribution in [0.15, 0.2) is 60.7 Å². The first-order chi connectivity index (χ1) is 22.0. The summed E-state index contributed by atoms with van der Waals surface area (Å²) in [5, 5.41) is 0. The molecule has 45 heavy (non-hydrogen) atoms. The van der Waals surface area contributed by atoms with Gasteiger partial charge in [0, 0.05) is 0 Å². The van der Waals surface area contributed by atoms with Gasteiger partial charge in [-0.05, 0) is 72.4 Å². The molecule has 0 saturated heterocycles. The van der Waals surface area contributed by atoms with Gasteiger partial charge in [0.05, 0.1) is 12.2 Å². The average Bonchev–Trinajstić information content (AvgIpc) is 3.05. The molecule has 0 aliphatic rings. The normalized spacial score (nSPS) is 11.1. The number of halogens is 2. The number of ether oxygens (including phenoxy) is 2. The van der Waals surface area contributed by atoms with Crippen LogP contribution < -0.4 is 9.47 Å². The molecule has 0 fully saturated rings. The van der Waals surface area contributed by atoms with Crippen molar-refractivity contribution in [2.75, 3.05) is 6.61 Å². The summed E-state index contributed by atoms with van der Waals surface area (Å²) >= 11 is 0. The second kappa shape index (κ2) is 21.5. The molecule has 3 aromatic carbocycles. The molecule has 0 spiro atoms. The zero-order valence-electron chi connectivity index (χ0n) is 27.7. The van der Waals surface area contributed by atoms with E-state index in [1.165, 1.54) is 102 Å². The van der Waals surface area contributed by atoms with Crippen molar-refractivity contribution in [2.45, 2.75) is 129 Å². The molecule has 3 nitrogen and oxygen atoms in total. The number of unbranched alkanes of at least 4 members (excludes halogenated alkanes) is 15. The first-order valence-electron chi connectivity index (χ1n) is 17.5. The molecular weight excluding hydrogens is 566 g/mol. The van der Waals surface area contributed by atoms with Crippen LogP contribution in [-0.2, 0) is 6.42 Å². The number of hydrogen-bond donors (Lipinski definition) is 0. The average molecular weight is 621 g/mol. The lowest BCUT2D eigenvalue weighted by molar-refractivity contribution is 0.0728. The van der Waals surface area contributed by atoms with Gasteiger partial charge in [-0.3, -0.25) is 0 Å². The Balaban J connectivity index is 1.40. The van der Waals surface area contributed by atoms with Crippen LogP contribution >= 0.6 is 0 Å². The summed E-state index contributed by atoms with van der Waals surface area (Å²) < 4.78 is 40.5. The van der Waals surface area contributed by atoms with E-state index in [-0.39, 0.29) is 11.5 Å². The van der Waals surface area contributed by atoms with Crippen LogP contribution in [0.25, 0.3) is 11.1 Å². The Morgan fingerprint density at radius 3 is 1.64 bits per heavy atom. The molecule has 0 atom stereocenters. The summed E-state index contributed by atoms with van der Waals surface area (Å²) in [5.41, 5.74) is 2.65. The molecule has 5 heteroatoms. The second-order valence-electron chi connectivity index (χ2n) is 12.3. The van der Waals surface area contributed by atoms with Gasteiger partial charge in [0.25, 0.3) is 0 Å². The molecule has 3 rings (SSSR count). The Labute approximate surface area is 270 Å². The number of carbonyl (C=O) groups excluding carboxylic acids is 1. The lowest BCUT2D eigenvalue weighted by Crippen LogP contribution is -2.09. The van der Waals surface area contributed by atoms with E-state index in [4.69, 9.17) is 9.47 Å². The Bertz CT molecular complexity index is 1250. The van der Waals surface area contributed by atoms with Gasteiger partial charge in [-0.1, -0.05) is 134 Å². The summed E-state index contributed by atoms with van der Waals surface area (Å²) in [6, 6.07) is 16.4. The molecule has 0 N–H and O–H groups in total. The molecule has 0 saturated carbocycles. The Morgan fingerprint density at radius 1 is 0.556 bits per heavy atom. The van der Waals surface area contributed by atoms with Gasteiger partial charge in [0.15, 0.2) is 23.1 Å². The van der Waals surface area contributed by atoms with Crippen molar-refractivity contribution < 1.29 is 23.0 Å². The lowest BCUT2D eigenvalue weighted by Gasteiger charge is -2.10. The number of rotatable bonds is 23. The second-order valence-corrected chi connectivity index (χ2v) is 12.3. The maximum Gasteiger partial charge on any atom is 0.343 e. The number of benzene rings is 3. The van der Waals surface area contributed by atoms with E-state index in [1.54, 1.807) is 30.3 Å². The minimum absolute atomic E-state index is 0.0787. The van der Waals surface area contributed by atoms with E-state index < -0.39 is 17.6 Å². The molecule has 0 aliphatic carbocycles. The highest BCUT2D eigenvalue weighted by atomic mass is 19.1. The van der Waals surface area contributed by atoms with Crippen molar-refractivity contribution in [1.82, 2.24) is 0 Å². The third-order valence-electron chi connectivity index (χ3n) is 8.41. The van der Waals surface area contributed by atoms with Gasteiger partial charge < -0.3 is 9.47 Å². The molecule has 0 aromatic heterocycles. The summed E-state index contributed by atoms with van der Waals surface area (Å²) in [6.07, 6.45) is 21.7. The fourth-order valence-electron chi connectivity index (χ4n) is 5.60. The van der Waals surface area contributed by atoms with E-state index in [9.17, 15) is 13.6 Å². The van der Waals surface area contributed by atoms with Crippen LogP contribution in [-0.4, -0.2) is 12.6 Å². The number of aryl methyl sites for hydroxylation is 1. The third kappa shape index (κ3) is 13.8. The highest BCUT2D eigenvalue weighted by Crippen LogP contribution is 2.27. The standard InChI is InChI=1S/C40H54F2O3/c1-3-5-7-9-11-12-13-14-16-18-20-32-21-27-39(36(41)30-32)45-40(43)34-24-22-33(23-25-34)35-26-28-38(37(42)31-35)44-29-19-17-15-10-8-6-4-2/h21-28,30-31H,3-20,29H2,1-2H3. The molecule has 246 valence electrons. The predicted octanol–water partition coefficient (Wildman–Crippen LogP) is 12.4. The molecule has 0 heterocycles. The van der Waals surface area contributed by atoms with Gasteiger partial charge in [0.1, 0.15) is 0 Å². The number of esters is 1. The van der Waals surface area contributed by atoms with Crippen LogP contribution in [0.3, 0.4) is 0 Å². The van der Waals surface area contributed by atoms with Gasteiger partial charge in [-0.25, -0.2) is 13.6 Å². The molecule has 0 radical (unpaired) electrons. The van der Waals surface area contributed by atoms with E-state index >= 15 is 0 Å². The maximum absolute atomic E-state index is 14.7. The van der Waals surface area contributed by atoms with Crippen LogP contribution in [0.4, 0.5) is 8.78 Å². The van der Waals surface area contributed by atoms with Gasteiger partial charge in [-0.15, -0.1) is 0 Å². The largest absolute Gasteiger partial charge is 0.491 e. The van der Waals surface area contributed by atoms with E-state index in [0.29, 0.717) is 17.7 Å². The monoisotopic (exact) mass is 620 g/mol. The molecular formula is C40H54F2O3.